The van der Waals surface area contributed by atoms with Crippen molar-refractivity contribution in [3.63, 3.8) is 0 Å². The Labute approximate surface area is 111 Å². The van der Waals surface area contributed by atoms with Crippen LogP contribution >= 0.6 is 0 Å². The summed E-state index contributed by atoms with van der Waals surface area (Å²) in [6.45, 7) is 3.94. The van der Waals surface area contributed by atoms with E-state index in [0.717, 1.165) is 0 Å². The van der Waals surface area contributed by atoms with Gasteiger partial charge in [0.1, 0.15) is 0 Å². The van der Waals surface area contributed by atoms with E-state index in [1.807, 2.05) is 6.92 Å². The van der Waals surface area contributed by atoms with Gasteiger partial charge < -0.3 is 15.2 Å². The van der Waals surface area contributed by atoms with E-state index in [9.17, 15) is 4.39 Å². The molecule has 1 aromatic heterocycles. The Bertz CT molecular complexity index is 588. The maximum atomic E-state index is 13.8. The van der Waals surface area contributed by atoms with Crippen molar-refractivity contribution in [1.82, 2.24) is 4.98 Å². The van der Waals surface area contributed by atoms with Gasteiger partial charge in [0.15, 0.2) is 11.6 Å². The number of nitrogens with zero attached hydrogens (tertiary/aromatic N) is 1. The van der Waals surface area contributed by atoms with Crippen molar-refractivity contribution in [1.29, 1.82) is 0 Å². The molecule has 0 saturated carbocycles. The second kappa shape index (κ2) is 5.56. The molecule has 0 aliphatic heterocycles. The van der Waals surface area contributed by atoms with Crippen LogP contribution in [0.1, 0.15) is 12.5 Å². The smallest absolute Gasteiger partial charge is 0.240 e. The predicted molar refractivity (Wildman–Crippen MR) is 71.0 cm³/mol. The number of anilines is 1. The number of ether oxygens (including phenoxy) is 2. The third kappa shape index (κ3) is 2.93. The van der Waals surface area contributed by atoms with Crippen molar-refractivity contribution < 1.29 is 13.9 Å². The number of hydrogen-bond donors (Lipinski definition) is 1. The summed E-state index contributed by atoms with van der Waals surface area (Å²) in [6.07, 6.45) is 0. The fourth-order valence-electron chi connectivity index (χ4n) is 1.56. The molecular formula is C14H15FN2O2. The van der Waals surface area contributed by atoms with E-state index in [1.165, 1.54) is 0 Å². The number of rotatable bonds is 4. The Hall–Kier alpha value is -2.30. The molecule has 0 bridgehead atoms. The van der Waals surface area contributed by atoms with Crippen LogP contribution in [0.3, 0.4) is 0 Å². The minimum Gasteiger partial charge on any atom is -0.476 e. The molecule has 0 unspecified atom stereocenters. The van der Waals surface area contributed by atoms with Crippen LogP contribution in [0, 0.1) is 12.7 Å². The summed E-state index contributed by atoms with van der Waals surface area (Å²) >= 11 is 0. The molecule has 2 rings (SSSR count). The molecule has 100 valence electrons. The first-order valence-electron chi connectivity index (χ1n) is 5.94. The fourth-order valence-corrected chi connectivity index (χ4v) is 1.56. The number of aromatic nitrogens is 1. The Morgan fingerprint density at radius 1 is 1.26 bits per heavy atom. The van der Waals surface area contributed by atoms with E-state index < -0.39 is 5.82 Å². The van der Waals surface area contributed by atoms with Gasteiger partial charge in [-0.1, -0.05) is 12.1 Å². The van der Waals surface area contributed by atoms with Crippen LogP contribution in [0.5, 0.6) is 17.5 Å². The average molecular weight is 262 g/mol. The average Bonchev–Trinajstić information content (AvgIpc) is 2.39. The van der Waals surface area contributed by atoms with E-state index >= 15 is 0 Å². The molecule has 0 atom stereocenters. The highest BCUT2D eigenvalue weighted by Gasteiger charge is 2.10. The van der Waals surface area contributed by atoms with E-state index in [0.29, 0.717) is 17.9 Å². The fraction of sp³-hybridized carbons (Fsp3) is 0.214. The van der Waals surface area contributed by atoms with E-state index in [4.69, 9.17) is 15.2 Å². The minimum atomic E-state index is -0.404. The molecule has 4 nitrogen and oxygen atoms in total. The summed E-state index contributed by atoms with van der Waals surface area (Å²) in [6, 6.07) is 8.11. The van der Waals surface area contributed by atoms with E-state index in [2.05, 4.69) is 4.98 Å². The van der Waals surface area contributed by atoms with Gasteiger partial charge in [-0.25, -0.2) is 4.39 Å². The topological polar surface area (TPSA) is 57.4 Å². The number of nitrogens with two attached hydrogens (primary N) is 1. The molecule has 0 aliphatic carbocycles. The Kier molecular flexibility index (Phi) is 3.85. The minimum absolute atomic E-state index is 0.125. The van der Waals surface area contributed by atoms with Crippen molar-refractivity contribution in [2.45, 2.75) is 13.8 Å². The summed E-state index contributed by atoms with van der Waals surface area (Å²) in [5.41, 5.74) is 6.63. The van der Waals surface area contributed by atoms with Crippen LogP contribution in [-0.2, 0) is 0 Å². The van der Waals surface area contributed by atoms with Crippen LogP contribution in [-0.4, -0.2) is 11.6 Å². The van der Waals surface area contributed by atoms with Crippen molar-refractivity contribution >= 4 is 5.69 Å². The molecule has 1 aromatic carbocycles. The second-order valence-electron chi connectivity index (χ2n) is 3.97. The van der Waals surface area contributed by atoms with Gasteiger partial charge in [-0.2, -0.15) is 4.98 Å². The summed E-state index contributed by atoms with van der Waals surface area (Å²) in [4.78, 5) is 4.09. The summed E-state index contributed by atoms with van der Waals surface area (Å²) < 4.78 is 24.5. The molecule has 5 heteroatoms. The van der Waals surface area contributed by atoms with Gasteiger partial charge in [-0.05, 0) is 31.5 Å². The molecular weight excluding hydrogens is 247 g/mol. The Morgan fingerprint density at radius 2 is 2.05 bits per heavy atom. The van der Waals surface area contributed by atoms with Gasteiger partial charge in [0, 0.05) is 6.07 Å². The molecule has 0 aliphatic rings. The summed E-state index contributed by atoms with van der Waals surface area (Å²) in [5, 5.41) is 0. The van der Waals surface area contributed by atoms with Crippen molar-refractivity contribution in [3.8, 4) is 17.5 Å². The highest BCUT2D eigenvalue weighted by atomic mass is 19.1. The van der Waals surface area contributed by atoms with Gasteiger partial charge in [0.05, 0.1) is 12.3 Å². The van der Waals surface area contributed by atoms with Crippen LogP contribution < -0.4 is 15.2 Å². The second-order valence-corrected chi connectivity index (χ2v) is 3.97. The van der Waals surface area contributed by atoms with Crippen molar-refractivity contribution in [3.05, 3.63) is 41.7 Å². The van der Waals surface area contributed by atoms with Crippen molar-refractivity contribution in [2.75, 3.05) is 12.3 Å². The Balaban J connectivity index is 2.28. The van der Waals surface area contributed by atoms with Crippen molar-refractivity contribution in [2.24, 2.45) is 0 Å². The first kappa shape index (κ1) is 13.1. The lowest BCUT2D eigenvalue weighted by Gasteiger charge is -2.10. The van der Waals surface area contributed by atoms with E-state index in [-0.39, 0.29) is 17.5 Å². The number of benzene rings is 1. The molecule has 0 saturated heterocycles. The maximum Gasteiger partial charge on any atom is 0.240 e. The third-order valence-electron chi connectivity index (χ3n) is 2.52. The quantitative estimate of drug-likeness (QED) is 0.918. The van der Waals surface area contributed by atoms with Crippen LogP contribution in [0.25, 0.3) is 0 Å². The normalized spacial score (nSPS) is 10.3. The molecule has 1 heterocycles. The van der Waals surface area contributed by atoms with Gasteiger partial charge in [0.2, 0.25) is 11.8 Å². The summed E-state index contributed by atoms with van der Waals surface area (Å²) in [5.74, 6) is 0.244. The number of aryl methyl sites for hydroxylation is 1. The lowest BCUT2D eigenvalue weighted by Crippen LogP contribution is -2.01. The molecule has 19 heavy (non-hydrogen) atoms. The van der Waals surface area contributed by atoms with Crippen LogP contribution in [0.2, 0.25) is 0 Å². The standard InChI is InChI=1S/C14H15FN2O2/c1-3-18-14-10(16)7-8-12(17-14)19-11-6-4-5-9(2)13(11)15/h4-8H,3,16H2,1-2H3. The highest BCUT2D eigenvalue weighted by molar-refractivity contribution is 5.49. The first-order valence-corrected chi connectivity index (χ1v) is 5.94. The molecule has 2 N–H and O–H groups in total. The number of halogens is 1. The van der Waals surface area contributed by atoms with Gasteiger partial charge in [-0.15, -0.1) is 0 Å². The number of hydrogen-bond acceptors (Lipinski definition) is 4. The molecule has 0 radical (unpaired) electrons. The molecule has 0 fully saturated rings. The van der Waals surface area contributed by atoms with Crippen LogP contribution in [0.4, 0.5) is 10.1 Å². The maximum absolute atomic E-state index is 13.8. The molecule has 2 aromatic rings. The monoisotopic (exact) mass is 262 g/mol. The van der Waals surface area contributed by atoms with Gasteiger partial charge >= 0.3 is 0 Å². The largest absolute Gasteiger partial charge is 0.476 e. The van der Waals surface area contributed by atoms with Gasteiger partial charge in [-0.3, -0.25) is 0 Å². The lowest BCUT2D eigenvalue weighted by atomic mass is 10.2. The third-order valence-corrected chi connectivity index (χ3v) is 2.52. The molecule has 0 amide bonds. The predicted octanol–water partition coefficient (Wildman–Crippen LogP) is 3.30. The number of nitrogen functional groups attached to an aromatic ring is 1. The zero-order valence-electron chi connectivity index (χ0n) is 10.8. The zero-order chi connectivity index (χ0) is 13.8. The first-order chi connectivity index (χ1) is 9.11. The SMILES string of the molecule is CCOc1nc(Oc2cccc(C)c2F)ccc1N. The zero-order valence-corrected chi connectivity index (χ0v) is 10.8. The summed E-state index contributed by atoms with van der Waals surface area (Å²) in [7, 11) is 0. The van der Waals surface area contributed by atoms with Crippen LogP contribution in [0.15, 0.2) is 30.3 Å². The van der Waals surface area contributed by atoms with E-state index in [1.54, 1.807) is 37.3 Å². The van der Waals surface area contributed by atoms with Gasteiger partial charge in [0.25, 0.3) is 0 Å². The lowest BCUT2D eigenvalue weighted by molar-refractivity contribution is 0.322. The Morgan fingerprint density at radius 3 is 2.79 bits per heavy atom. The highest BCUT2D eigenvalue weighted by Crippen LogP contribution is 2.28. The number of pyridine rings is 1. The molecule has 0 spiro atoms.